The van der Waals surface area contributed by atoms with Crippen LogP contribution >= 0.6 is 15.9 Å². The summed E-state index contributed by atoms with van der Waals surface area (Å²) < 4.78 is 11.9. The predicted molar refractivity (Wildman–Crippen MR) is 69.1 cm³/mol. The van der Waals surface area contributed by atoms with E-state index >= 15 is 0 Å². The lowest BCUT2D eigenvalue weighted by molar-refractivity contribution is 0.229. The van der Waals surface area contributed by atoms with Gasteiger partial charge in [0, 0.05) is 10.5 Å². The summed E-state index contributed by atoms with van der Waals surface area (Å²) in [6.45, 7) is 5.89. The van der Waals surface area contributed by atoms with E-state index < -0.39 is 0 Å². The van der Waals surface area contributed by atoms with Crippen molar-refractivity contribution in [1.29, 1.82) is 0 Å². The SMILES string of the molecule is COc1cc(Br)c(C(C)N)cc1OC(C)C. The van der Waals surface area contributed by atoms with E-state index in [0.29, 0.717) is 5.75 Å². The molecule has 0 saturated heterocycles. The molecule has 1 aromatic rings. The van der Waals surface area contributed by atoms with Gasteiger partial charge in [0.1, 0.15) is 0 Å². The Morgan fingerprint density at radius 2 is 1.81 bits per heavy atom. The van der Waals surface area contributed by atoms with Crippen molar-refractivity contribution in [3.63, 3.8) is 0 Å². The molecule has 0 aliphatic carbocycles. The lowest BCUT2D eigenvalue weighted by Gasteiger charge is -2.17. The molecule has 0 saturated carbocycles. The molecule has 0 heterocycles. The Kier molecular flexibility index (Phi) is 4.62. The average Bonchev–Trinajstić information content (AvgIpc) is 2.18. The predicted octanol–water partition coefficient (Wildman–Crippen LogP) is 3.26. The van der Waals surface area contributed by atoms with Crippen molar-refractivity contribution in [3.05, 3.63) is 22.2 Å². The fourth-order valence-electron chi connectivity index (χ4n) is 1.41. The molecule has 0 spiro atoms. The minimum Gasteiger partial charge on any atom is -0.493 e. The second-order valence-corrected chi connectivity index (χ2v) is 4.83. The molecule has 1 unspecified atom stereocenters. The lowest BCUT2D eigenvalue weighted by atomic mass is 10.1. The van der Waals surface area contributed by atoms with E-state index in [2.05, 4.69) is 15.9 Å². The maximum absolute atomic E-state index is 5.88. The topological polar surface area (TPSA) is 44.5 Å². The van der Waals surface area contributed by atoms with E-state index in [1.54, 1.807) is 7.11 Å². The fraction of sp³-hybridized carbons (Fsp3) is 0.500. The summed E-state index contributed by atoms with van der Waals surface area (Å²) in [5.74, 6) is 1.44. The molecule has 0 aliphatic heterocycles. The lowest BCUT2D eigenvalue weighted by Crippen LogP contribution is -2.10. The maximum atomic E-state index is 5.88. The zero-order chi connectivity index (χ0) is 12.3. The first-order valence-corrected chi connectivity index (χ1v) is 6.04. The second kappa shape index (κ2) is 5.55. The third-order valence-electron chi connectivity index (χ3n) is 2.14. The Morgan fingerprint density at radius 1 is 1.19 bits per heavy atom. The first-order chi connectivity index (χ1) is 7.45. The minimum absolute atomic E-state index is 0.0465. The molecule has 0 aromatic heterocycles. The van der Waals surface area contributed by atoms with Crippen molar-refractivity contribution < 1.29 is 9.47 Å². The number of hydrogen-bond acceptors (Lipinski definition) is 3. The average molecular weight is 288 g/mol. The Bertz CT molecular complexity index is 364. The van der Waals surface area contributed by atoms with Crippen LogP contribution in [0.5, 0.6) is 11.5 Å². The van der Waals surface area contributed by atoms with Gasteiger partial charge in [-0.15, -0.1) is 0 Å². The molecule has 0 fully saturated rings. The number of hydrogen-bond donors (Lipinski definition) is 1. The van der Waals surface area contributed by atoms with Gasteiger partial charge in [-0.25, -0.2) is 0 Å². The van der Waals surface area contributed by atoms with Crippen LogP contribution in [0.15, 0.2) is 16.6 Å². The summed E-state index contributed by atoms with van der Waals surface area (Å²) in [6, 6.07) is 3.76. The Balaban J connectivity index is 3.17. The molecule has 0 amide bonds. The molecule has 0 aliphatic rings. The molecule has 0 radical (unpaired) electrons. The zero-order valence-electron chi connectivity index (χ0n) is 10.1. The largest absolute Gasteiger partial charge is 0.493 e. The summed E-state index contributed by atoms with van der Waals surface area (Å²) in [6.07, 6.45) is 0.107. The van der Waals surface area contributed by atoms with Crippen LogP contribution in [0.3, 0.4) is 0 Å². The van der Waals surface area contributed by atoms with Gasteiger partial charge in [-0.2, -0.15) is 0 Å². The van der Waals surface area contributed by atoms with Gasteiger partial charge < -0.3 is 15.2 Å². The van der Waals surface area contributed by atoms with E-state index in [-0.39, 0.29) is 12.1 Å². The van der Waals surface area contributed by atoms with Crippen LogP contribution in [0.2, 0.25) is 0 Å². The maximum Gasteiger partial charge on any atom is 0.161 e. The number of rotatable bonds is 4. The van der Waals surface area contributed by atoms with E-state index in [4.69, 9.17) is 15.2 Å². The Morgan fingerprint density at radius 3 is 2.25 bits per heavy atom. The second-order valence-electron chi connectivity index (χ2n) is 3.98. The van der Waals surface area contributed by atoms with E-state index in [0.717, 1.165) is 15.8 Å². The Hall–Kier alpha value is -0.740. The van der Waals surface area contributed by atoms with Crippen molar-refractivity contribution >= 4 is 15.9 Å². The molecule has 90 valence electrons. The third-order valence-corrected chi connectivity index (χ3v) is 2.82. The van der Waals surface area contributed by atoms with E-state index in [1.165, 1.54) is 0 Å². The number of ether oxygens (including phenoxy) is 2. The number of nitrogens with two attached hydrogens (primary N) is 1. The molecule has 1 atom stereocenters. The number of halogens is 1. The zero-order valence-corrected chi connectivity index (χ0v) is 11.7. The fourth-order valence-corrected chi connectivity index (χ4v) is 2.09. The highest BCUT2D eigenvalue weighted by Crippen LogP contribution is 2.36. The van der Waals surface area contributed by atoms with Gasteiger partial charge in [0.15, 0.2) is 11.5 Å². The molecule has 0 bridgehead atoms. The summed E-state index contributed by atoms with van der Waals surface area (Å²) in [7, 11) is 1.63. The van der Waals surface area contributed by atoms with Crippen molar-refractivity contribution in [2.24, 2.45) is 5.73 Å². The molecular weight excluding hydrogens is 270 g/mol. The molecule has 3 nitrogen and oxygen atoms in total. The van der Waals surface area contributed by atoms with Gasteiger partial charge in [-0.1, -0.05) is 15.9 Å². The summed E-state index contributed by atoms with van der Waals surface area (Å²) in [5, 5.41) is 0. The molecule has 4 heteroatoms. The van der Waals surface area contributed by atoms with Crippen LogP contribution < -0.4 is 15.2 Å². The van der Waals surface area contributed by atoms with Gasteiger partial charge in [-0.3, -0.25) is 0 Å². The van der Waals surface area contributed by atoms with Gasteiger partial charge >= 0.3 is 0 Å². The van der Waals surface area contributed by atoms with Gasteiger partial charge in [0.05, 0.1) is 13.2 Å². The van der Waals surface area contributed by atoms with Gasteiger partial charge in [0.2, 0.25) is 0 Å². The quantitative estimate of drug-likeness (QED) is 0.924. The van der Waals surface area contributed by atoms with Crippen LogP contribution in [0, 0.1) is 0 Å². The van der Waals surface area contributed by atoms with Crippen molar-refractivity contribution in [3.8, 4) is 11.5 Å². The first kappa shape index (κ1) is 13.3. The van der Waals surface area contributed by atoms with E-state index in [1.807, 2.05) is 32.9 Å². The number of methoxy groups -OCH3 is 1. The summed E-state index contributed by atoms with van der Waals surface area (Å²) in [4.78, 5) is 0. The molecule has 1 aromatic carbocycles. The molecule has 2 N–H and O–H groups in total. The molecule has 1 rings (SSSR count). The highest BCUT2D eigenvalue weighted by molar-refractivity contribution is 9.10. The standard InChI is InChI=1S/C12H18BrNO2/c1-7(2)16-12-5-9(8(3)14)10(13)6-11(12)15-4/h5-8H,14H2,1-4H3. The van der Waals surface area contributed by atoms with E-state index in [9.17, 15) is 0 Å². The van der Waals surface area contributed by atoms with Crippen LogP contribution in [0.25, 0.3) is 0 Å². The molecular formula is C12H18BrNO2. The highest BCUT2D eigenvalue weighted by Gasteiger charge is 2.13. The highest BCUT2D eigenvalue weighted by atomic mass is 79.9. The van der Waals surface area contributed by atoms with Crippen molar-refractivity contribution in [2.45, 2.75) is 32.9 Å². The van der Waals surface area contributed by atoms with Gasteiger partial charge in [-0.05, 0) is 38.5 Å². The summed E-state index contributed by atoms with van der Waals surface area (Å²) >= 11 is 3.47. The monoisotopic (exact) mass is 287 g/mol. The van der Waals surface area contributed by atoms with Crippen LogP contribution in [-0.2, 0) is 0 Å². The van der Waals surface area contributed by atoms with Gasteiger partial charge in [0.25, 0.3) is 0 Å². The van der Waals surface area contributed by atoms with Crippen LogP contribution in [0.4, 0.5) is 0 Å². The van der Waals surface area contributed by atoms with Crippen molar-refractivity contribution in [1.82, 2.24) is 0 Å². The molecule has 16 heavy (non-hydrogen) atoms. The minimum atomic E-state index is -0.0465. The number of benzene rings is 1. The smallest absolute Gasteiger partial charge is 0.161 e. The first-order valence-electron chi connectivity index (χ1n) is 5.25. The van der Waals surface area contributed by atoms with Crippen LogP contribution in [-0.4, -0.2) is 13.2 Å². The van der Waals surface area contributed by atoms with Crippen molar-refractivity contribution in [2.75, 3.05) is 7.11 Å². The Labute approximate surface area is 105 Å². The normalized spacial score (nSPS) is 12.7. The van der Waals surface area contributed by atoms with Crippen LogP contribution in [0.1, 0.15) is 32.4 Å². The third kappa shape index (κ3) is 3.12. The summed E-state index contributed by atoms with van der Waals surface area (Å²) in [5.41, 5.74) is 6.89.